The summed E-state index contributed by atoms with van der Waals surface area (Å²) in [6.07, 6.45) is 3.61. The Morgan fingerprint density at radius 2 is 2.18 bits per heavy atom. The molecule has 0 spiro atoms. The van der Waals surface area contributed by atoms with E-state index in [0.717, 1.165) is 16.3 Å². The van der Waals surface area contributed by atoms with Crippen LogP contribution in [0.4, 0.5) is 5.69 Å². The maximum Gasteiger partial charge on any atom is 0.0643 e. The van der Waals surface area contributed by atoms with E-state index in [9.17, 15) is 5.11 Å². The molecule has 1 aromatic carbocycles. The first-order chi connectivity index (χ1) is 8.27. The van der Waals surface area contributed by atoms with Gasteiger partial charge in [-0.25, -0.2) is 0 Å². The lowest BCUT2D eigenvalue weighted by molar-refractivity contribution is 0.283. The molecule has 4 heteroatoms. The van der Waals surface area contributed by atoms with Crippen molar-refractivity contribution in [3.05, 3.63) is 28.8 Å². The second-order valence-electron chi connectivity index (χ2n) is 4.45. The number of nitrogens with zero attached hydrogens (tertiary/aromatic N) is 1. The van der Waals surface area contributed by atoms with E-state index in [0.29, 0.717) is 19.1 Å². The highest BCUT2D eigenvalue weighted by atomic mass is 35.5. The number of para-hydroxylation sites is 1. The smallest absolute Gasteiger partial charge is 0.0643 e. The molecule has 0 bridgehead atoms. The number of aliphatic hydroxyl groups is 1. The molecule has 0 radical (unpaired) electrons. The zero-order valence-electron chi connectivity index (χ0n) is 9.90. The van der Waals surface area contributed by atoms with E-state index >= 15 is 0 Å². The van der Waals surface area contributed by atoms with E-state index in [1.54, 1.807) is 0 Å². The minimum Gasteiger partial charge on any atom is -0.395 e. The summed E-state index contributed by atoms with van der Waals surface area (Å²) in [6.45, 7) is 1.25. The Balaban J connectivity index is 2.33. The first-order valence-corrected chi connectivity index (χ1v) is 6.50. The summed E-state index contributed by atoms with van der Waals surface area (Å²) >= 11 is 6.28. The fourth-order valence-electron chi connectivity index (χ4n) is 2.33. The van der Waals surface area contributed by atoms with Crippen LogP contribution in [0, 0.1) is 0 Å². The molecule has 1 aliphatic rings. The highest BCUT2D eigenvalue weighted by Gasteiger charge is 2.27. The van der Waals surface area contributed by atoms with Gasteiger partial charge in [0.25, 0.3) is 0 Å². The van der Waals surface area contributed by atoms with E-state index in [2.05, 4.69) is 4.90 Å². The van der Waals surface area contributed by atoms with Crippen LogP contribution in [0.15, 0.2) is 18.2 Å². The molecule has 1 aliphatic carbocycles. The van der Waals surface area contributed by atoms with Gasteiger partial charge in [0.05, 0.1) is 17.3 Å². The van der Waals surface area contributed by atoms with Crippen molar-refractivity contribution < 1.29 is 5.11 Å². The summed E-state index contributed by atoms with van der Waals surface area (Å²) in [6, 6.07) is 6.32. The number of anilines is 1. The van der Waals surface area contributed by atoms with Crippen LogP contribution < -0.4 is 10.6 Å². The molecule has 0 heterocycles. The van der Waals surface area contributed by atoms with Crippen LogP contribution in [0.2, 0.25) is 5.02 Å². The fraction of sp³-hybridized carbons (Fsp3) is 0.538. The van der Waals surface area contributed by atoms with Gasteiger partial charge in [-0.2, -0.15) is 0 Å². The van der Waals surface area contributed by atoms with E-state index in [1.165, 1.54) is 19.3 Å². The Morgan fingerprint density at radius 3 is 2.71 bits per heavy atom. The average molecular weight is 255 g/mol. The molecule has 0 amide bonds. The number of aliphatic hydroxyl groups excluding tert-OH is 1. The van der Waals surface area contributed by atoms with E-state index in [1.807, 2.05) is 18.2 Å². The molecule has 3 nitrogen and oxygen atoms in total. The number of hydrogen-bond acceptors (Lipinski definition) is 3. The fourth-order valence-corrected chi connectivity index (χ4v) is 2.63. The third kappa shape index (κ3) is 2.57. The minimum absolute atomic E-state index is 0.145. The zero-order valence-corrected chi connectivity index (χ0v) is 10.7. The Labute approximate surface area is 107 Å². The van der Waals surface area contributed by atoms with Gasteiger partial charge >= 0.3 is 0 Å². The van der Waals surface area contributed by atoms with Crippen molar-refractivity contribution in [2.24, 2.45) is 5.73 Å². The molecule has 2 rings (SSSR count). The van der Waals surface area contributed by atoms with Crippen molar-refractivity contribution in [1.29, 1.82) is 0 Å². The summed E-state index contributed by atoms with van der Waals surface area (Å²) in [5.41, 5.74) is 7.83. The Kier molecular flexibility index (Phi) is 4.26. The second-order valence-corrected chi connectivity index (χ2v) is 4.86. The first-order valence-electron chi connectivity index (χ1n) is 6.13. The summed E-state index contributed by atoms with van der Waals surface area (Å²) in [5, 5.41) is 9.93. The molecule has 1 aromatic rings. The number of rotatable bonds is 5. The largest absolute Gasteiger partial charge is 0.395 e. The van der Waals surface area contributed by atoms with Gasteiger partial charge in [-0.1, -0.05) is 23.7 Å². The van der Waals surface area contributed by atoms with Crippen molar-refractivity contribution in [1.82, 2.24) is 0 Å². The lowest BCUT2D eigenvalue weighted by Crippen LogP contribution is -2.42. The van der Waals surface area contributed by atoms with E-state index in [4.69, 9.17) is 17.3 Å². The van der Waals surface area contributed by atoms with Crippen LogP contribution in [-0.4, -0.2) is 24.3 Å². The van der Waals surface area contributed by atoms with Crippen molar-refractivity contribution in [3.8, 4) is 0 Å². The zero-order chi connectivity index (χ0) is 12.3. The average Bonchev–Trinajstić information content (AvgIpc) is 2.26. The van der Waals surface area contributed by atoms with Gasteiger partial charge in [-0.05, 0) is 30.9 Å². The third-order valence-electron chi connectivity index (χ3n) is 3.43. The maximum atomic E-state index is 9.20. The van der Waals surface area contributed by atoms with E-state index < -0.39 is 0 Å². The number of benzene rings is 1. The van der Waals surface area contributed by atoms with Gasteiger partial charge < -0.3 is 15.7 Å². The molecule has 0 saturated heterocycles. The van der Waals surface area contributed by atoms with Gasteiger partial charge in [0.1, 0.15) is 0 Å². The quantitative estimate of drug-likeness (QED) is 0.847. The molecule has 1 saturated carbocycles. The van der Waals surface area contributed by atoms with Gasteiger partial charge in [0.2, 0.25) is 0 Å². The van der Waals surface area contributed by atoms with Crippen LogP contribution in [-0.2, 0) is 6.54 Å². The van der Waals surface area contributed by atoms with Gasteiger partial charge in [-0.15, -0.1) is 0 Å². The SMILES string of the molecule is NCc1cccc(Cl)c1N(CCO)C1CCC1. The first kappa shape index (κ1) is 12.7. The van der Waals surface area contributed by atoms with Crippen molar-refractivity contribution >= 4 is 17.3 Å². The van der Waals surface area contributed by atoms with Crippen molar-refractivity contribution in [2.45, 2.75) is 31.8 Å². The topological polar surface area (TPSA) is 49.5 Å². The molecule has 0 aliphatic heterocycles. The highest BCUT2D eigenvalue weighted by molar-refractivity contribution is 6.33. The molecule has 94 valence electrons. The molecule has 17 heavy (non-hydrogen) atoms. The Bertz CT molecular complexity index is 380. The molecule has 1 fully saturated rings. The van der Waals surface area contributed by atoms with Gasteiger partial charge in [-0.3, -0.25) is 0 Å². The normalized spacial score (nSPS) is 15.7. The molecular weight excluding hydrogens is 236 g/mol. The number of nitrogens with two attached hydrogens (primary N) is 1. The summed E-state index contributed by atoms with van der Waals surface area (Å²) < 4.78 is 0. The third-order valence-corrected chi connectivity index (χ3v) is 3.74. The van der Waals surface area contributed by atoms with Crippen LogP contribution in [0.1, 0.15) is 24.8 Å². The lowest BCUT2D eigenvalue weighted by atomic mass is 9.90. The van der Waals surface area contributed by atoms with Crippen LogP contribution in [0.3, 0.4) is 0 Å². The predicted octanol–water partition coefficient (Wildman–Crippen LogP) is 2.15. The number of hydrogen-bond donors (Lipinski definition) is 2. The highest BCUT2D eigenvalue weighted by Crippen LogP contribution is 2.36. The molecule has 0 atom stereocenters. The molecule has 0 unspecified atom stereocenters. The van der Waals surface area contributed by atoms with Gasteiger partial charge in [0, 0.05) is 19.1 Å². The molecule has 3 N–H and O–H groups in total. The maximum absolute atomic E-state index is 9.20. The van der Waals surface area contributed by atoms with E-state index in [-0.39, 0.29) is 6.61 Å². The summed E-state index contributed by atoms with van der Waals surface area (Å²) in [5.74, 6) is 0. The minimum atomic E-state index is 0.145. The Morgan fingerprint density at radius 1 is 1.41 bits per heavy atom. The van der Waals surface area contributed by atoms with Crippen LogP contribution in [0.5, 0.6) is 0 Å². The second kappa shape index (κ2) is 5.71. The van der Waals surface area contributed by atoms with Gasteiger partial charge in [0.15, 0.2) is 0 Å². The van der Waals surface area contributed by atoms with Crippen LogP contribution in [0.25, 0.3) is 0 Å². The van der Waals surface area contributed by atoms with Crippen LogP contribution >= 0.6 is 11.6 Å². The summed E-state index contributed by atoms with van der Waals surface area (Å²) in [4.78, 5) is 2.22. The van der Waals surface area contributed by atoms with Crippen molar-refractivity contribution in [2.75, 3.05) is 18.1 Å². The lowest BCUT2D eigenvalue weighted by Gasteiger charge is -2.40. The standard InChI is InChI=1S/C13H19ClN2O/c14-12-6-1-3-10(9-15)13(12)16(7-8-17)11-4-2-5-11/h1,3,6,11,17H,2,4-5,7-9,15H2. The van der Waals surface area contributed by atoms with Crippen molar-refractivity contribution in [3.63, 3.8) is 0 Å². The monoisotopic (exact) mass is 254 g/mol. The summed E-state index contributed by atoms with van der Waals surface area (Å²) in [7, 11) is 0. The Hall–Kier alpha value is -0.770. The number of halogens is 1. The molecular formula is C13H19ClN2O. The molecule has 0 aromatic heterocycles. The predicted molar refractivity (Wildman–Crippen MR) is 71.4 cm³/mol.